The summed E-state index contributed by atoms with van der Waals surface area (Å²) in [4.78, 5) is 13.1. The van der Waals surface area contributed by atoms with Crippen molar-refractivity contribution >= 4 is 15.9 Å². The first kappa shape index (κ1) is 29.9. The van der Waals surface area contributed by atoms with Gasteiger partial charge in [0, 0.05) is 24.3 Å². The zero-order chi connectivity index (χ0) is 28.9. The summed E-state index contributed by atoms with van der Waals surface area (Å²) in [7, 11) is -3.94. The Morgan fingerprint density at radius 2 is 1.88 bits per heavy atom. The molecule has 215 valence electrons. The molecule has 1 fully saturated rings. The number of unbranched alkanes of at least 4 members (excludes halogenated alkanes) is 1. The minimum absolute atomic E-state index is 0.0522. The maximum Gasteiger partial charge on any atom is 0.342 e. The van der Waals surface area contributed by atoms with Crippen molar-refractivity contribution in [2.75, 3.05) is 12.3 Å². The lowest BCUT2D eigenvalue weighted by atomic mass is 9.99. The molecule has 10 heteroatoms. The molecule has 1 radical (unpaired) electrons. The molecule has 2 atom stereocenters. The Morgan fingerprint density at radius 1 is 1.15 bits per heavy atom. The highest BCUT2D eigenvalue weighted by molar-refractivity contribution is 7.91. The van der Waals surface area contributed by atoms with E-state index in [2.05, 4.69) is 40.9 Å². The van der Waals surface area contributed by atoms with E-state index in [1.165, 1.54) is 18.0 Å². The monoisotopic (exact) mass is 571 g/mol. The molecule has 1 heterocycles. The van der Waals surface area contributed by atoms with Gasteiger partial charge in [-0.05, 0) is 73.4 Å². The summed E-state index contributed by atoms with van der Waals surface area (Å²) in [5.74, 6) is -1.96. The number of benzene rings is 2. The van der Waals surface area contributed by atoms with Crippen molar-refractivity contribution in [2.45, 2.75) is 69.7 Å². The molecule has 7 nitrogen and oxygen atoms in total. The summed E-state index contributed by atoms with van der Waals surface area (Å²) < 4.78 is 57.1. The van der Waals surface area contributed by atoms with Crippen molar-refractivity contribution in [1.82, 2.24) is 20.4 Å². The van der Waals surface area contributed by atoms with Gasteiger partial charge in [0.05, 0.1) is 18.0 Å². The first-order valence-electron chi connectivity index (χ1n) is 13.7. The first-order valence-corrected chi connectivity index (χ1v) is 15.5. The molecule has 1 aliphatic rings. The van der Waals surface area contributed by atoms with Crippen LogP contribution in [0.25, 0.3) is 0 Å². The molecule has 1 unspecified atom stereocenters. The maximum absolute atomic E-state index is 14.3. The lowest BCUT2D eigenvalue weighted by molar-refractivity contribution is 0.236. The number of halogens is 2. The second kappa shape index (κ2) is 12.6. The second-order valence-electron chi connectivity index (χ2n) is 10.5. The van der Waals surface area contributed by atoms with Gasteiger partial charge in [-0.15, -0.1) is 0 Å². The fraction of sp³-hybridized carbons (Fsp3) is 0.433. The number of hydrogen-bond donors (Lipinski definition) is 2. The normalized spacial score (nSPS) is 15.9. The largest absolute Gasteiger partial charge is 0.342 e. The quantitative estimate of drug-likeness (QED) is 0.287. The Labute approximate surface area is 235 Å². The fourth-order valence-corrected chi connectivity index (χ4v) is 7.13. The van der Waals surface area contributed by atoms with Crippen molar-refractivity contribution in [1.29, 1.82) is 0 Å². The molecule has 3 aromatic rings. The number of aromatic nitrogens is 2. The highest BCUT2D eigenvalue weighted by Gasteiger charge is 2.44. The Bertz CT molecular complexity index is 1420. The number of aryl methyl sites for hydroxylation is 2. The summed E-state index contributed by atoms with van der Waals surface area (Å²) in [5.41, 5.74) is 2.85. The zero-order valence-corrected chi connectivity index (χ0v) is 24.0. The van der Waals surface area contributed by atoms with Crippen molar-refractivity contribution in [3.63, 3.8) is 0 Å². The van der Waals surface area contributed by atoms with Gasteiger partial charge < -0.3 is 10.6 Å². The van der Waals surface area contributed by atoms with E-state index in [0.29, 0.717) is 18.9 Å². The van der Waals surface area contributed by atoms with E-state index < -0.39 is 38.8 Å². The number of sulfone groups is 1. The minimum Gasteiger partial charge on any atom is -0.331 e. The third-order valence-electron chi connectivity index (χ3n) is 7.37. The molecule has 1 aromatic heterocycles. The molecular weight excluding hydrogens is 534 g/mol. The van der Waals surface area contributed by atoms with Gasteiger partial charge in [0.1, 0.15) is 16.9 Å². The van der Waals surface area contributed by atoms with Gasteiger partial charge in [-0.1, -0.05) is 44.5 Å². The third-order valence-corrected chi connectivity index (χ3v) is 9.57. The van der Waals surface area contributed by atoms with Gasteiger partial charge in [0.2, 0.25) is 0 Å². The Balaban J connectivity index is 1.65. The highest BCUT2D eigenvalue weighted by atomic mass is 32.2. The van der Waals surface area contributed by atoms with Crippen LogP contribution < -0.4 is 10.6 Å². The van der Waals surface area contributed by atoms with Crippen LogP contribution in [0.1, 0.15) is 67.0 Å². The topological polar surface area (TPSA) is 93.1 Å². The van der Waals surface area contributed by atoms with E-state index in [-0.39, 0.29) is 23.4 Å². The van der Waals surface area contributed by atoms with Crippen LogP contribution >= 0.6 is 0 Å². The lowest BCUT2D eigenvalue weighted by Gasteiger charge is -2.29. The van der Waals surface area contributed by atoms with E-state index in [1.54, 1.807) is 13.3 Å². The van der Waals surface area contributed by atoms with E-state index in [1.807, 2.05) is 13.0 Å². The van der Waals surface area contributed by atoms with Crippen LogP contribution in [0.5, 0.6) is 0 Å². The number of carbonyl (C=O) groups excluding carboxylic acids is 1. The predicted molar refractivity (Wildman–Crippen MR) is 152 cm³/mol. The maximum atomic E-state index is 14.3. The lowest BCUT2D eigenvalue weighted by Crippen LogP contribution is -2.47. The number of rotatable bonds is 13. The average molecular weight is 572 g/mol. The Kier molecular flexibility index (Phi) is 9.41. The molecule has 1 aliphatic carbocycles. The van der Waals surface area contributed by atoms with E-state index in [0.717, 1.165) is 47.2 Å². The smallest absolute Gasteiger partial charge is 0.331 e. The van der Waals surface area contributed by atoms with Crippen molar-refractivity contribution in [3.8, 4) is 0 Å². The number of carbonyl (C=O) groups is 1. The van der Waals surface area contributed by atoms with Gasteiger partial charge in [-0.25, -0.2) is 22.0 Å². The summed E-state index contributed by atoms with van der Waals surface area (Å²) in [6, 6.07) is 9.37. The molecule has 4 rings (SSSR count). The van der Waals surface area contributed by atoms with E-state index in [4.69, 9.17) is 0 Å². The van der Waals surface area contributed by atoms with Crippen LogP contribution in [0.15, 0.2) is 54.9 Å². The van der Waals surface area contributed by atoms with Crippen LogP contribution in [-0.4, -0.2) is 42.6 Å². The average Bonchev–Trinajstić information content (AvgIpc) is 3.57. The van der Waals surface area contributed by atoms with Gasteiger partial charge in [0.25, 0.3) is 0 Å². The van der Waals surface area contributed by atoms with Crippen LogP contribution in [0.4, 0.5) is 13.6 Å². The van der Waals surface area contributed by atoms with Crippen LogP contribution in [0.3, 0.4) is 0 Å². The molecule has 2 aromatic carbocycles. The van der Waals surface area contributed by atoms with E-state index >= 15 is 0 Å². The Morgan fingerprint density at radius 3 is 2.48 bits per heavy atom. The molecule has 1 amide bonds. The molecular formula is C30H37F2N4O3S. The van der Waals surface area contributed by atoms with Gasteiger partial charge in [-0.3, -0.25) is 0 Å². The highest BCUT2D eigenvalue weighted by Crippen LogP contribution is 2.45. The van der Waals surface area contributed by atoms with E-state index in [9.17, 15) is 22.0 Å². The van der Waals surface area contributed by atoms with Gasteiger partial charge in [0.15, 0.2) is 9.84 Å². The van der Waals surface area contributed by atoms with Crippen LogP contribution in [-0.2, 0) is 21.8 Å². The first-order chi connectivity index (χ1) is 19.1. The zero-order valence-electron chi connectivity index (χ0n) is 23.2. The standard InChI is InChI=1S/C30H37F2N4O3S/c1-4-6-14-40(38,39)28(23-16-25(31)18-26(32)17-23)27(35-29(37)36-20-21(3)19-34-36)10-13-33-30(11-12-30)24-9-7-8-22(5-2)15-24/h7-10,15-20,27-28,33H,4-6,11-14H2,1-3H3,(H,35,37)/t27-,28?/m0/s1. The minimum atomic E-state index is -3.94. The summed E-state index contributed by atoms with van der Waals surface area (Å²) in [5, 5.41) is 8.94. The molecule has 0 saturated heterocycles. The third kappa shape index (κ3) is 7.14. The van der Waals surface area contributed by atoms with Gasteiger partial charge >= 0.3 is 6.03 Å². The molecule has 1 saturated carbocycles. The van der Waals surface area contributed by atoms with Crippen molar-refractivity contribution < 1.29 is 22.0 Å². The SMILES string of the molecule is CCCCS(=O)(=O)C(c1cc(F)cc(F)c1)[C@H]([CH]CNC1(c2cccc(CC)c2)CC1)NC(=O)n1cc(C)cn1. The molecule has 0 spiro atoms. The fourth-order valence-electron chi connectivity index (χ4n) is 5.00. The number of nitrogens with one attached hydrogen (secondary N) is 2. The summed E-state index contributed by atoms with van der Waals surface area (Å²) in [6.07, 6.45) is 8.47. The van der Waals surface area contributed by atoms with Crippen LogP contribution in [0, 0.1) is 25.0 Å². The Hall–Kier alpha value is -3.11. The molecule has 40 heavy (non-hydrogen) atoms. The number of amides is 1. The predicted octanol–water partition coefficient (Wildman–Crippen LogP) is 5.40. The molecule has 2 N–H and O–H groups in total. The number of hydrogen-bond acceptors (Lipinski definition) is 5. The second-order valence-corrected chi connectivity index (χ2v) is 12.8. The molecule has 0 bridgehead atoms. The van der Waals surface area contributed by atoms with Crippen LogP contribution in [0.2, 0.25) is 0 Å². The molecule has 0 aliphatic heterocycles. The van der Waals surface area contributed by atoms with Crippen molar-refractivity contribution in [3.05, 3.63) is 95.2 Å². The number of nitrogens with zero attached hydrogens (tertiary/aromatic N) is 2. The van der Waals surface area contributed by atoms with Gasteiger partial charge in [-0.2, -0.15) is 9.78 Å². The summed E-state index contributed by atoms with van der Waals surface area (Å²) in [6.45, 7) is 6.00. The summed E-state index contributed by atoms with van der Waals surface area (Å²) >= 11 is 0. The van der Waals surface area contributed by atoms with Crippen molar-refractivity contribution in [2.24, 2.45) is 0 Å².